The monoisotopic (exact) mass is 335 g/mol. The highest BCUT2D eigenvalue weighted by molar-refractivity contribution is 6.32. The second-order valence-corrected chi connectivity index (χ2v) is 5.46. The summed E-state index contributed by atoms with van der Waals surface area (Å²) in [5.41, 5.74) is 2.20. The standard InChI is InChI=1S/C17H15Cl2NO2/c1-11-9-15(16(22-2)10-14(11)19)20-17(21)8-7-12-5-3-4-6-13(12)18/h3-10H,1-2H3,(H,20,21). The van der Waals surface area contributed by atoms with Gasteiger partial charge in [0.2, 0.25) is 5.91 Å². The van der Waals surface area contributed by atoms with Crippen LogP contribution in [0, 0.1) is 6.92 Å². The highest BCUT2D eigenvalue weighted by Gasteiger charge is 2.09. The van der Waals surface area contributed by atoms with Crippen molar-refractivity contribution in [2.24, 2.45) is 0 Å². The summed E-state index contributed by atoms with van der Waals surface area (Å²) >= 11 is 12.1. The summed E-state index contributed by atoms with van der Waals surface area (Å²) in [4.78, 5) is 12.0. The minimum atomic E-state index is -0.278. The largest absolute Gasteiger partial charge is 0.495 e. The number of hydrogen-bond donors (Lipinski definition) is 1. The highest BCUT2D eigenvalue weighted by atomic mass is 35.5. The first kappa shape index (κ1) is 16.4. The van der Waals surface area contributed by atoms with Gasteiger partial charge in [-0.3, -0.25) is 4.79 Å². The van der Waals surface area contributed by atoms with Crippen molar-refractivity contribution in [3.8, 4) is 5.75 Å². The normalized spacial score (nSPS) is 10.7. The van der Waals surface area contributed by atoms with Crippen LogP contribution in [0.3, 0.4) is 0 Å². The number of carbonyl (C=O) groups is 1. The molecule has 0 bridgehead atoms. The molecular formula is C17H15Cl2NO2. The van der Waals surface area contributed by atoms with Gasteiger partial charge in [-0.15, -0.1) is 0 Å². The maximum atomic E-state index is 12.0. The van der Waals surface area contributed by atoms with E-state index in [1.807, 2.05) is 25.1 Å². The van der Waals surface area contributed by atoms with Crippen LogP contribution < -0.4 is 10.1 Å². The van der Waals surface area contributed by atoms with Crippen LogP contribution in [0.4, 0.5) is 5.69 Å². The molecule has 0 aliphatic carbocycles. The number of methoxy groups -OCH3 is 1. The number of aryl methyl sites for hydroxylation is 1. The number of rotatable bonds is 4. The molecule has 0 atom stereocenters. The fraction of sp³-hybridized carbons (Fsp3) is 0.118. The molecule has 0 radical (unpaired) electrons. The molecule has 0 aromatic heterocycles. The van der Waals surface area contributed by atoms with Crippen LogP contribution in [0.2, 0.25) is 10.0 Å². The maximum Gasteiger partial charge on any atom is 0.248 e. The van der Waals surface area contributed by atoms with E-state index in [-0.39, 0.29) is 5.91 Å². The second kappa shape index (κ2) is 7.34. The predicted octanol–water partition coefficient (Wildman–Crippen LogP) is 4.96. The summed E-state index contributed by atoms with van der Waals surface area (Å²) in [7, 11) is 1.52. The van der Waals surface area contributed by atoms with Gasteiger partial charge < -0.3 is 10.1 Å². The summed E-state index contributed by atoms with van der Waals surface area (Å²) in [6.45, 7) is 1.86. The van der Waals surface area contributed by atoms with Crippen molar-refractivity contribution in [2.75, 3.05) is 12.4 Å². The Balaban J connectivity index is 2.16. The van der Waals surface area contributed by atoms with Gasteiger partial charge in [-0.05, 0) is 36.3 Å². The molecule has 0 unspecified atom stereocenters. The Labute approximate surface area is 139 Å². The molecule has 0 fully saturated rings. The molecule has 5 heteroatoms. The van der Waals surface area contributed by atoms with Crippen molar-refractivity contribution in [3.63, 3.8) is 0 Å². The molecule has 1 amide bonds. The van der Waals surface area contributed by atoms with Crippen molar-refractivity contribution >= 4 is 40.9 Å². The average Bonchev–Trinajstić information content (AvgIpc) is 2.50. The van der Waals surface area contributed by atoms with Crippen LogP contribution >= 0.6 is 23.2 Å². The molecule has 0 spiro atoms. The number of nitrogens with one attached hydrogen (secondary N) is 1. The van der Waals surface area contributed by atoms with Gasteiger partial charge >= 0.3 is 0 Å². The zero-order valence-electron chi connectivity index (χ0n) is 12.2. The van der Waals surface area contributed by atoms with E-state index in [1.165, 1.54) is 13.2 Å². The lowest BCUT2D eigenvalue weighted by molar-refractivity contribution is -0.111. The summed E-state index contributed by atoms with van der Waals surface area (Å²) in [6.07, 6.45) is 3.08. The zero-order chi connectivity index (χ0) is 16.1. The predicted molar refractivity (Wildman–Crippen MR) is 91.9 cm³/mol. The third-order valence-corrected chi connectivity index (χ3v) is 3.81. The van der Waals surface area contributed by atoms with Crippen molar-refractivity contribution in [1.29, 1.82) is 0 Å². The van der Waals surface area contributed by atoms with E-state index in [0.29, 0.717) is 21.5 Å². The Bertz CT molecular complexity index is 727. The van der Waals surface area contributed by atoms with Crippen molar-refractivity contribution in [3.05, 3.63) is 63.6 Å². The Morgan fingerprint density at radius 1 is 1.18 bits per heavy atom. The third-order valence-electron chi connectivity index (χ3n) is 3.06. The molecule has 2 aromatic rings. The van der Waals surface area contributed by atoms with E-state index in [9.17, 15) is 4.79 Å². The van der Waals surface area contributed by atoms with Crippen LogP contribution in [0.15, 0.2) is 42.5 Å². The molecular weight excluding hydrogens is 321 g/mol. The molecule has 114 valence electrons. The van der Waals surface area contributed by atoms with Crippen molar-refractivity contribution in [2.45, 2.75) is 6.92 Å². The Kier molecular flexibility index (Phi) is 5.47. The van der Waals surface area contributed by atoms with E-state index in [1.54, 1.807) is 24.3 Å². The number of carbonyl (C=O) groups excluding carboxylic acids is 1. The third kappa shape index (κ3) is 4.03. The first-order valence-corrected chi connectivity index (χ1v) is 7.34. The van der Waals surface area contributed by atoms with Gasteiger partial charge in [0, 0.05) is 22.2 Å². The van der Waals surface area contributed by atoms with Gasteiger partial charge in [0.05, 0.1) is 12.8 Å². The lowest BCUT2D eigenvalue weighted by Crippen LogP contribution is -2.09. The zero-order valence-corrected chi connectivity index (χ0v) is 13.7. The minimum Gasteiger partial charge on any atom is -0.495 e. The second-order valence-electron chi connectivity index (χ2n) is 4.65. The Morgan fingerprint density at radius 2 is 1.91 bits per heavy atom. The molecule has 22 heavy (non-hydrogen) atoms. The van der Waals surface area contributed by atoms with E-state index in [4.69, 9.17) is 27.9 Å². The number of hydrogen-bond acceptors (Lipinski definition) is 2. The first-order valence-electron chi connectivity index (χ1n) is 6.59. The number of ether oxygens (including phenoxy) is 1. The lowest BCUT2D eigenvalue weighted by Gasteiger charge is -2.11. The maximum absolute atomic E-state index is 12.0. The molecule has 0 aliphatic heterocycles. The van der Waals surface area contributed by atoms with Gasteiger partial charge in [0.15, 0.2) is 0 Å². The smallest absolute Gasteiger partial charge is 0.248 e. The fourth-order valence-corrected chi connectivity index (χ4v) is 2.23. The Morgan fingerprint density at radius 3 is 2.59 bits per heavy atom. The number of halogens is 2. The quantitative estimate of drug-likeness (QED) is 0.801. The van der Waals surface area contributed by atoms with Crippen LogP contribution in [0.5, 0.6) is 5.75 Å². The van der Waals surface area contributed by atoms with Gasteiger partial charge in [0.25, 0.3) is 0 Å². The molecule has 0 saturated carbocycles. The topological polar surface area (TPSA) is 38.3 Å². The summed E-state index contributed by atoms with van der Waals surface area (Å²) < 4.78 is 5.22. The summed E-state index contributed by atoms with van der Waals surface area (Å²) in [6, 6.07) is 10.7. The SMILES string of the molecule is COc1cc(Cl)c(C)cc1NC(=O)C=Cc1ccccc1Cl. The van der Waals surface area contributed by atoms with Crippen molar-refractivity contribution < 1.29 is 9.53 Å². The van der Waals surface area contributed by atoms with Gasteiger partial charge in [-0.1, -0.05) is 41.4 Å². The molecule has 0 aliphatic rings. The number of amides is 1. The highest BCUT2D eigenvalue weighted by Crippen LogP contribution is 2.31. The fourth-order valence-electron chi connectivity index (χ4n) is 1.88. The Hall–Kier alpha value is -1.97. The summed E-state index contributed by atoms with van der Waals surface area (Å²) in [5, 5.41) is 3.94. The average molecular weight is 336 g/mol. The van der Waals surface area contributed by atoms with Gasteiger partial charge in [-0.25, -0.2) is 0 Å². The molecule has 2 aromatic carbocycles. The van der Waals surface area contributed by atoms with Crippen LogP contribution in [-0.2, 0) is 4.79 Å². The van der Waals surface area contributed by atoms with Crippen LogP contribution in [0.1, 0.15) is 11.1 Å². The van der Waals surface area contributed by atoms with Crippen LogP contribution in [-0.4, -0.2) is 13.0 Å². The lowest BCUT2D eigenvalue weighted by atomic mass is 10.2. The number of benzene rings is 2. The first-order chi connectivity index (χ1) is 10.5. The minimum absolute atomic E-state index is 0.278. The van der Waals surface area contributed by atoms with Gasteiger partial charge in [-0.2, -0.15) is 0 Å². The van der Waals surface area contributed by atoms with E-state index >= 15 is 0 Å². The molecule has 0 saturated heterocycles. The summed E-state index contributed by atoms with van der Waals surface area (Å²) in [5.74, 6) is 0.232. The van der Waals surface area contributed by atoms with E-state index in [0.717, 1.165) is 11.1 Å². The van der Waals surface area contributed by atoms with Crippen molar-refractivity contribution in [1.82, 2.24) is 0 Å². The molecule has 1 N–H and O–H groups in total. The van der Waals surface area contributed by atoms with Gasteiger partial charge in [0.1, 0.15) is 5.75 Å². The van der Waals surface area contributed by atoms with Crippen LogP contribution in [0.25, 0.3) is 6.08 Å². The molecule has 0 heterocycles. The molecule has 3 nitrogen and oxygen atoms in total. The molecule has 2 rings (SSSR count). The van der Waals surface area contributed by atoms with E-state index < -0.39 is 0 Å². The van der Waals surface area contributed by atoms with E-state index in [2.05, 4.69) is 5.32 Å². The number of anilines is 1.